The Kier molecular flexibility index (Phi) is 5.02. The molecule has 1 saturated heterocycles. The van der Waals surface area contributed by atoms with E-state index in [9.17, 15) is 4.79 Å². The quantitative estimate of drug-likeness (QED) is 0.748. The molecule has 98 valence electrons. The van der Waals surface area contributed by atoms with Crippen LogP contribution in [-0.4, -0.2) is 30.3 Å². The number of fused-ring (bicyclic) bond motifs is 1. The van der Waals surface area contributed by atoms with E-state index in [1.54, 1.807) is 6.92 Å². The first kappa shape index (κ1) is 13.1. The lowest BCUT2D eigenvalue weighted by Crippen LogP contribution is -2.40. The van der Waals surface area contributed by atoms with E-state index in [0.29, 0.717) is 5.78 Å². The van der Waals surface area contributed by atoms with Crippen molar-refractivity contribution < 1.29 is 4.79 Å². The average molecular weight is 237 g/mol. The van der Waals surface area contributed by atoms with Crippen LogP contribution in [0.5, 0.6) is 0 Å². The van der Waals surface area contributed by atoms with E-state index in [1.165, 1.54) is 51.6 Å². The first-order chi connectivity index (χ1) is 8.25. The van der Waals surface area contributed by atoms with E-state index in [2.05, 4.69) is 4.90 Å². The molecule has 1 heterocycles. The van der Waals surface area contributed by atoms with Crippen molar-refractivity contribution in [3.05, 3.63) is 0 Å². The number of hydrogen-bond acceptors (Lipinski definition) is 2. The standard InChI is InChI=1S/C15H27NO/c1-13(17)6-5-10-16-11-9-14-7-3-2-4-8-15(14)12-16/h14-15H,2-12H2,1H3. The molecule has 0 radical (unpaired) electrons. The van der Waals surface area contributed by atoms with Crippen LogP contribution in [0, 0.1) is 11.8 Å². The summed E-state index contributed by atoms with van der Waals surface area (Å²) in [6.45, 7) is 5.43. The third-order valence-corrected chi connectivity index (χ3v) is 4.63. The molecular weight excluding hydrogens is 210 g/mol. The van der Waals surface area contributed by atoms with E-state index in [1.807, 2.05) is 0 Å². The summed E-state index contributed by atoms with van der Waals surface area (Å²) in [7, 11) is 0. The van der Waals surface area contributed by atoms with Crippen molar-refractivity contribution in [2.45, 2.75) is 58.3 Å². The number of ketones is 1. The minimum atomic E-state index is 0.342. The van der Waals surface area contributed by atoms with Crippen LogP contribution >= 0.6 is 0 Å². The van der Waals surface area contributed by atoms with Gasteiger partial charge in [0.15, 0.2) is 0 Å². The van der Waals surface area contributed by atoms with Crippen LogP contribution in [0.3, 0.4) is 0 Å². The van der Waals surface area contributed by atoms with Gasteiger partial charge < -0.3 is 9.69 Å². The van der Waals surface area contributed by atoms with Crippen molar-refractivity contribution in [1.82, 2.24) is 4.90 Å². The number of piperidine rings is 1. The smallest absolute Gasteiger partial charge is 0.129 e. The second-order valence-corrected chi connectivity index (χ2v) is 6.05. The van der Waals surface area contributed by atoms with Gasteiger partial charge in [-0.2, -0.15) is 0 Å². The zero-order chi connectivity index (χ0) is 12.1. The molecule has 0 aromatic heterocycles. The van der Waals surface area contributed by atoms with Gasteiger partial charge in [0.25, 0.3) is 0 Å². The van der Waals surface area contributed by atoms with Crippen LogP contribution in [0.2, 0.25) is 0 Å². The van der Waals surface area contributed by atoms with E-state index in [4.69, 9.17) is 0 Å². The predicted molar refractivity (Wildman–Crippen MR) is 71.0 cm³/mol. The fraction of sp³-hybridized carbons (Fsp3) is 0.933. The summed E-state index contributed by atoms with van der Waals surface area (Å²) < 4.78 is 0. The van der Waals surface area contributed by atoms with Crippen LogP contribution < -0.4 is 0 Å². The van der Waals surface area contributed by atoms with Gasteiger partial charge in [-0.3, -0.25) is 0 Å². The second kappa shape index (κ2) is 6.53. The van der Waals surface area contributed by atoms with Gasteiger partial charge in [-0.05, 0) is 51.1 Å². The highest BCUT2D eigenvalue weighted by molar-refractivity contribution is 5.75. The first-order valence-electron chi connectivity index (χ1n) is 7.47. The lowest BCUT2D eigenvalue weighted by atomic mass is 9.82. The highest BCUT2D eigenvalue weighted by Crippen LogP contribution is 2.34. The number of rotatable bonds is 4. The summed E-state index contributed by atoms with van der Waals surface area (Å²) in [5.74, 6) is 2.32. The van der Waals surface area contributed by atoms with E-state index in [0.717, 1.165) is 31.2 Å². The SMILES string of the molecule is CC(=O)CCCN1CCC2CCCCCC2C1. The molecule has 2 nitrogen and oxygen atoms in total. The van der Waals surface area contributed by atoms with E-state index < -0.39 is 0 Å². The summed E-state index contributed by atoms with van der Waals surface area (Å²) in [5, 5.41) is 0. The largest absolute Gasteiger partial charge is 0.303 e. The third-order valence-electron chi connectivity index (χ3n) is 4.63. The highest BCUT2D eigenvalue weighted by atomic mass is 16.1. The lowest BCUT2D eigenvalue weighted by molar-refractivity contribution is -0.117. The summed E-state index contributed by atoms with van der Waals surface area (Å²) in [4.78, 5) is 13.5. The number of hydrogen-bond donors (Lipinski definition) is 0. The molecule has 0 spiro atoms. The molecule has 2 atom stereocenters. The molecule has 0 bridgehead atoms. The topological polar surface area (TPSA) is 20.3 Å². The van der Waals surface area contributed by atoms with Crippen molar-refractivity contribution in [2.75, 3.05) is 19.6 Å². The molecule has 2 heteroatoms. The van der Waals surface area contributed by atoms with Gasteiger partial charge in [0.2, 0.25) is 0 Å². The fourth-order valence-corrected chi connectivity index (χ4v) is 3.61. The molecule has 2 aliphatic rings. The Labute approximate surface area is 106 Å². The van der Waals surface area contributed by atoms with E-state index >= 15 is 0 Å². The molecule has 0 N–H and O–H groups in total. The Hall–Kier alpha value is -0.370. The van der Waals surface area contributed by atoms with Gasteiger partial charge in [0.1, 0.15) is 5.78 Å². The van der Waals surface area contributed by atoms with Crippen molar-refractivity contribution in [2.24, 2.45) is 11.8 Å². The van der Waals surface area contributed by atoms with Gasteiger partial charge in [-0.1, -0.05) is 25.7 Å². The summed E-state index contributed by atoms with van der Waals surface area (Å²) in [6, 6.07) is 0. The molecule has 1 aliphatic heterocycles. The molecule has 2 fully saturated rings. The van der Waals surface area contributed by atoms with Crippen molar-refractivity contribution in [1.29, 1.82) is 0 Å². The lowest BCUT2D eigenvalue weighted by Gasteiger charge is -2.38. The van der Waals surface area contributed by atoms with Crippen molar-refractivity contribution >= 4 is 5.78 Å². The van der Waals surface area contributed by atoms with Gasteiger partial charge in [0.05, 0.1) is 0 Å². The maximum atomic E-state index is 10.9. The number of carbonyl (C=O) groups is 1. The van der Waals surface area contributed by atoms with Gasteiger partial charge in [0, 0.05) is 13.0 Å². The molecule has 1 saturated carbocycles. The Balaban J connectivity index is 1.73. The zero-order valence-corrected chi connectivity index (χ0v) is 11.3. The number of Topliss-reactive ketones (excluding diaryl/α,β-unsaturated/α-hetero) is 1. The maximum absolute atomic E-state index is 10.9. The molecule has 17 heavy (non-hydrogen) atoms. The number of nitrogens with zero attached hydrogens (tertiary/aromatic N) is 1. The Morgan fingerprint density at radius 3 is 2.65 bits per heavy atom. The normalized spacial score (nSPS) is 30.6. The molecule has 0 aromatic rings. The molecule has 0 amide bonds. The van der Waals surface area contributed by atoms with Crippen LogP contribution in [0.15, 0.2) is 0 Å². The van der Waals surface area contributed by atoms with Gasteiger partial charge in [-0.15, -0.1) is 0 Å². The highest BCUT2D eigenvalue weighted by Gasteiger charge is 2.29. The Morgan fingerprint density at radius 1 is 1.12 bits per heavy atom. The predicted octanol–water partition coefficient (Wildman–Crippen LogP) is 3.26. The maximum Gasteiger partial charge on any atom is 0.129 e. The second-order valence-electron chi connectivity index (χ2n) is 6.05. The zero-order valence-electron chi connectivity index (χ0n) is 11.3. The van der Waals surface area contributed by atoms with Gasteiger partial charge in [-0.25, -0.2) is 0 Å². The van der Waals surface area contributed by atoms with Gasteiger partial charge >= 0.3 is 0 Å². The summed E-state index contributed by atoms with van der Waals surface area (Å²) in [6.07, 6.45) is 10.5. The summed E-state index contributed by atoms with van der Waals surface area (Å²) in [5.41, 5.74) is 0. The van der Waals surface area contributed by atoms with Crippen LogP contribution in [0.1, 0.15) is 58.3 Å². The molecule has 2 unspecified atom stereocenters. The fourth-order valence-electron chi connectivity index (χ4n) is 3.61. The average Bonchev–Trinajstić information content (AvgIpc) is 2.53. The molecule has 1 aliphatic carbocycles. The third kappa shape index (κ3) is 4.09. The van der Waals surface area contributed by atoms with Crippen LogP contribution in [0.4, 0.5) is 0 Å². The minimum absolute atomic E-state index is 0.342. The van der Waals surface area contributed by atoms with Crippen LogP contribution in [-0.2, 0) is 4.79 Å². The van der Waals surface area contributed by atoms with Crippen molar-refractivity contribution in [3.8, 4) is 0 Å². The van der Waals surface area contributed by atoms with E-state index in [-0.39, 0.29) is 0 Å². The van der Waals surface area contributed by atoms with Crippen LogP contribution in [0.25, 0.3) is 0 Å². The monoisotopic (exact) mass is 237 g/mol. The Morgan fingerprint density at radius 2 is 1.88 bits per heavy atom. The number of likely N-dealkylation sites (tertiary alicyclic amines) is 1. The minimum Gasteiger partial charge on any atom is -0.303 e. The summed E-state index contributed by atoms with van der Waals surface area (Å²) >= 11 is 0. The number of carbonyl (C=O) groups excluding carboxylic acids is 1. The molecular formula is C15H27NO. The molecule has 0 aromatic carbocycles. The first-order valence-corrected chi connectivity index (χ1v) is 7.47. The Bertz CT molecular complexity index is 251. The molecule has 2 rings (SSSR count). The van der Waals surface area contributed by atoms with Crippen molar-refractivity contribution in [3.63, 3.8) is 0 Å².